The van der Waals surface area contributed by atoms with Crippen LogP contribution < -0.4 is 0 Å². The molecule has 0 N–H and O–H groups in total. The lowest BCUT2D eigenvalue weighted by Gasteiger charge is -2.11. The van der Waals surface area contributed by atoms with E-state index in [1.807, 2.05) is 0 Å². The van der Waals surface area contributed by atoms with Gasteiger partial charge in [-0.25, -0.2) is 0 Å². The van der Waals surface area contributed by atoms with Crippen molar-refractivity contribution in [1.82, 2.24) is 0 Å². The number of carbonyl (C=O) groups is 1. The van der Waals surface area contributed by atoms with E-state index in [9.17, 15) is 4.79 Å². The van der Waals surface area contributed by atoms with Gasteiger partial charge in [0.05, 0.1) is 28.1 Å². The van der Waals surface area contributed by atoms with Crippen LogP contribution in [0.5, 0.6) is 0 Å². The summed E-state index contributed by atoms with van der Waals surface area (Å²) in [6, 6.07) is 0. The van der Waals surface area contributed by atoms with Crippen LogP contribution in [-0.4, -0.2) is 5.78 Å². The maximum Gasteiger partial charge on any atom is 0.197 e. The van der Waals surface area contributed by atoms with Gasteiger partial charge in [0.1, 0.15) is 0 Å². The van der Waals surface area contributed by atoms with E-state index < -0.39 is 0 Å². The molecule has 0 radical (unpaired) electrons. The highest BCUT2D eigenvalue weighted by Gasteiger charge is 2.42. The molecule has 26 heavy (non-hydrogen) atoms. The fourth-order valence-electron chi connectivity index (χ4n) is 2.70. The maximum absolute atomic E-state index is 13.6. The normalized spacial score (nSPS) is 24.8. The molecule has 130 valence electrons. The Balaban J connectivity index is 1.79. The molecule has 0 atom stereocenters. The Labute approximate surface area is 185 Å². The molecule has 1 aliphatic carbocycles. The standard InChI is InChI=1S/C17H8OS8/c18-13-11(16-23-5-6-24-16)9(14-19-1-2-20-14)10(15-21-3-4-22-15)12(13)17-25-7-8-26-17/h1-8H. The highest BCUT2D eigenvalue weighted by Crippen LogP contribution is 2.59. The maximum atomic E-state index is 13.6. The molecule has 0 spiro atoms. The monoisotopic (exact) mass is 484 g/mol. The molecule has 0 saturated heterocycles. The topological polar surface area (TPSA) is 17.1 Å². The quantitative estimate of drug-likeness (QED) is 0.313. The lowest BCUT2D eigenvalue weighted by molar-refractivity contribution is -0.111. The zero-order valence-electron chi connectivity index (χ0n) is 12.8. The van der Waals surface area contributed by atoms with E-state index in [2.05, 4.69) is 43.3 Å². The second-order valence-electron chi connectivity index (χ2n) is 5.01. The van der Waals surface area contributed by atoms with Gasteiger partial charge in [0.2, 0.25) is 0 Å². The Hall–Kier alpha value is 0.390. The zero-order valence-corrected chi connectivity index (χ0v) is 19.3. The largest absolute Gasteiger partial charge is 0.288 e. The van der Waals surface area contributed by atoms with Gasteiger partial charge in [-0.2, -0.15) is 0 Å². The Morgan fingerprint density at radius 1 is 0.385 bits per heavy atom. The van der Waals surface area contributed by atoms with Gasteiger partial charge in [-0.05, 0) is 43.3 Å². The number of hydrogen-bond donors (Lipinski definition) is 0. The first-order valence-corrected chi connectivity index (χ1v) is 14.3. The molecule has 1 nitrogen and oxygen atoms in total. The molecule has 5 rings (SSSR count). The molecule has 9 heteroatoms. The van der Waals surface area contributed by atoms with Crippen molar-refractivity contribution in [2.24, 2.45) is 0 Å². The van der Waals surface area contributed by atoms with E-state index in [1.54, 1.807) is 94.1 Å². The van der Waals surface area contributed by atoms with Gasteiger partial charge in [0.25, 0.3) is 0 Å². The van der Waals surface area contributed by atoms with Crippen LogP contribution in [0.2, 0.25) is 0 Å². The SMILES string of the molecule is O=C1C(=C2SC=CS2)C(=C2SC=CS2)C(=C2SC=CS2)C1=C1SC=CS1. The molecule has 0 amide bonds. The lowest BCUT2D eigenvalue weighted by Crippen LogP contribution is -1.99. The number of allylic oxidation sites excluding steroid dienone is 4. The van der Waals surface area contributed by atoms with Crippen LogP contribution in [0.15, 0.2) is 82.5 Å². The Kier molecular flexibility index (Phi) is 5.68. The van der Waals surface area contributed by atoms with Gasteiger partial charge in [0, 0.05) is 11.1 Å². The average Bonchev–Trinajstić information content (AvgIpc) is 3.44. The number of hydrogen-bond acceptors (Lipinski definition) is 9. The zero-order chi connectivity index (χ0) is 17.5. The molecule has 0 aromatic rings. The van der Waals surface area contributed by atoms with Gasteiger partial charge in [-0.3, -0.25) is 4.79 Å². The van der Waals surface area contributed by atoms with E-state index in [0.717, 1.165) is 30.8 Å². The van der Waals surface area contributed by atoms with Gasteiger partial charge < -0.3 is 0 Å². The van der Waals surface area contributed by atoms with Crippen molar-refractivity contribution in [3.63, 3.8) is 0 Å². The van der Waals surface area contributed by atoms with Gasteiger partial charge in [-0.1, -0.05) is 94.1 Å². The third-order valence-electron chi connectivity index (χ3n) is 3.64. The molecule has 0 unspecified atom stereocenters. The molecule has 0 aromatic heterocycles. The summed E-state index contributed by atoms with van der Waals surface area (Å²) >= 11 is 13.5. The number of carbonyl (C=O) groups excluding carboxylic acids is 1. The minimum absolute atomic E-state index is 0.175. The highest BCUT2D eigenvalue weighted by atomic mass is 32.2. The molecule has 1 saturated carbocycles. The van der Waals surface area contributed by atoms with Crippen LogP contribution >= 0.6 is 94.1 Å². The number of Topliss-reactive ketones (excluding diaryl/α,β-unsaturated/α-hetero) is 1. The van der Waals surface area contributed by atoms with Crippen molar-refractivity contribution in [2.75, 3.05) is 0 Å². The first kappa shape index (κ1) is 18.4. The molecule has 4 aliphatic heterocycles. The second-order valence-corrected chi connectivity index (χ2v) is 13.4. The average molecular weight is 485 g/mol. The smallest absolute Gasteiger partial charge is 0.197 e. The number of rotatable bonds is 0. The summed E-state index contributed by atoms with van der Waals surface area (Å²) in [6.45, 7) is 0. The second kappa shape index (κ2) is 8.02. The Morgan fingerprint density at radius 3 is 0.885 bits per heavy atom. The first-order chi connectivity index (χ1) is 12.8. The fraction of sp³-hybridized carbons (Fsp3) is 0. The van der Waals surface area contributed by atoms with E-state index in [1.165, 1.54) is 8.47 Å². The summed E-state index contributed by atoms with van der Waals surface area (Å²) in [6.07, 6.45) is 0. The summed E-state index contributed by atoms with van der Waals surface area (Å²) in [5.41, 5.74) is 4.02. The van der Waals surface area contributed by atoms with Crippen molar-refractivity contribution in [1.29, 1.82) is 0 Å². The van der Waals surface area contributed by atoms with Crippen LogP contribution in [0.1, 0.15) is 0 Å². The summed E-state index contributed by atoms with van der Waals surface area (Å²) in [7, 11) is 0. The van der Waals surface area contributed by atoms with E-state index >= 15 is 0 Å². The van der Waals surface area contributed by atoms with Crippen LogP contribution in [0.3, 0.4) is 0 Å². The van der Waals surface area contributed by atoms with Crippen LogP contribution in [-0.2, 0) is 4.79 Å². The molecular formula is C17H8OS8. The predicted octanol–water partition coefficient (Wildman–Crippen LogP) is 8.22. The van der Waals surface area contributed by atoms with Crippen LogP contribution in [0.25, 0.3) is 0 Å². The Bertz CT molecular complexity index is 841. The third kappa shape index (κ3) is 3.22. The minimum Gasteiger partial charge on any atom is -0.288 e. The molecule has 0 bridgehead atoms. The highest BCUT2D eigenvalue weighted by molar-refractivity contribution is 8.29. The minimum atomic E-state index is 0.175. The van der Waals surface area contributed by atoms with E-state index in [4.69, 9.17) is 0 Å². The molecular weight excluding hydrogens is 477 g/mol. The van der Waals surface area contributed by atoms with Crippen molar-refractivity contribution in [3.8, 4) is 0 Å². The summed E-state index contributed by atoms with van der Waals surface area (Å²) in [5, 5.41) is 16.7. The van der Waals surface area contributed by atoms with E-state index in [0.29, 0.717) is 0 Å². The summed E-state index contributed by atoms with van der Waals surface area (Å²) in [4.78, 5) is 13.6. The number of ketones is 1. The summed E-state index contributed by atoms with van der Waals surface area (Å²) in [5.74, 6) is 0.175. The van der Waals surface area contributed by atoms with Gasteiger partial charge >= 0.3 is 0 Å². The third-order valence-corrected chi connectivity index (χ3v) is 12.2. The lowest BCUT2D eigenvalue weighted by atomic mass is 10.1. The summed E-state index contributed by atoms with van der Waals surface area (Å²) < 4.78 is 4.62. The van der Waals surface area contributed by atoms with Crippen LogP contribution in [0, 0.1) is 0 Å². The predicted molar refractivity (Wildman–Crippen MR) is 130 cm³/mol. The molecule has 4 heterocycles. The van der Waals surface area contributed by atoms with E-state index in [-0.39, 0.29) is 5.78 Å². The molecule has 5 aliphatic rings. The van der Waals surface area contributed by atoms with Crippen molar-refractivity contribution in [2.45, 2.75) is 0 Å². The molecule has 0 aromatic carbocycles. The van der Waals surface area contributed by atoms with Gasteiger partial charge in [-0.15, -0.1) is 0 Å². The van der Waals surface area contributed by atoms with Crippen LogP contribution in [0.4, 0.5) is 0 Å². The first-order valence-electron chi connectivity index (χ1n) is 7.31. The number of thioether (sulfide) groups is 8. The Morgan fingerprint density at radius 2 is 0.615 bits per heavy atom. The van der Waals surface area contributed by atoms with Gasteiger partial charge in [0.15, 0.2) is 5.78 Å². The fourth-order valence-corrected chi connectivity index (χ4v) is 10.2. The van der Waals surface area contributed by atoms with Crippen molar-refractivity contribution < 1.29 is 4.79 Å². The molecule has 1 fully saturated rings. The van der Waals surface area contributed by atoms with Crippen molar-refractivity contribution in [3.05, 3.63) is 82.5 Å². The van der Waals surface area contributed by atoms with Crippen molar-refractivity contribution >= 4 is 99.9 Å².